The summed E-state index contributed by atoms with van der Waals surface area (Å²) in [5, 5.41) is 2.24. The van der Waals surface area contributed by atoms with Crippen LogP contribution in [0.5, 0.6) is 0 Å². The summed E-state index contributed by atoms with van der Waals surface area (Å²) in [6.07, 6.45) is -3.95. The van der Waals surface area contributed by atoms with Crippen molar-refractivity contribution in [2.45, 2.75) is 43.9 Å². The van der Waals surface area contributed by atoms with Gasteiger partial charge in [0.2, 0.25) is 17.7 Å². The summed E-state index contributed by atoms with van der Waals surface area (Å²) >= 11 is 0. The predicted octanol–water partition coefficient (Wildman–Crippen LogP) is 2.28. The number of halogens is 3. The van der Waals surface area contributed by atoms with E-state index in [1.807, 2.05) is 0 Å². The maximum Gasteiger partial charge on any atom is 0.416 e. The number of alkyl halides is 3. The lowest BCUT2D eigenvalue weighted by Gasteiger charge is -2.29. The second-order valence-corrected chi connectivity index (χ2v) is 8.17. The molecule has 2 unspecified atom stereocenters. The van der Waals surface area contributed by atoms with E-state index in [1.54, 1.807) is 18.2 Å². The number of fused-ring (bicyclic) bond motifs is 1. The maximum absolute atomic E-state index is 12.8. The van der Waals surface area contributed by atoms with Crippen molar-refractivity contribution in [2.75, 3.05) is 0 Å². The Labute approximate surface area is 186 Å². The molecule has 0 saturated carbocycles. The molecule has 7 nitrogen and oxygen atoms in total. The van der Waals surface area contributed by atoms with Crippen LogP contribution < -0.4 is 11.1 Å². The topological polar surface area (TPSA) is 110 Å². The Morgan fingerprint density at radius 1 is 1.12 bits per heavy atom. The number of nitrogens with one attached hydrogen (secondary N) is 1. The highest BCUT2D eigenvalue weighted by Crippen LogP contribution is 2.32. The Bertz CT molecular complexity index is 1140. The molecular formula is C23H20F3N3O4. The standard InChI is InChI=1S/C23H20F3N3O4/c24-23(25,26)15-4-2-13(3-5-15)17(20(27)31)10-12-1-6-16-14(9-12)11-29(22(16)33)18-7-8-19(30)28-21(18)32/h1-6,9,17-18H,7-8,10-11H2,(H2,27,31)(H,28,30,32). The van der Waals surface area contributed by atoms with Crippen LogP contribution in [0, 0.1) is 0 Å². The largest absolute Gasteiger partial charge is 0.416 e. The van der Waals surface area contributed by atoms with Gasteiger partial charge in [-0.2, -0.15) is 13.2 Å². The molecule has 2 heterocycles. The molecule has 1 saturated heterocycles. The third-order valence-corrected chi connectivity index (χ3v) is 6.01. The number of carbonyl (C=O) groups is 4. The summed E-state index contributed by atoms with van der Waals surface area (Å²) in [5.41, 5.74) is 6.83. The lowest BCUT2D eigenvalue weighted by atomic mass is 9.90. The van der Waals surface area contributed by atoms with Crippen molar-refractivity contribution < 1.29 is 32.3 Å². The molecule has 172 valence electrons. The highest BCUT2D eigenvalue weighted by Gasteiger charge is 2.39. The van der Waals surface area contributed by atoms with Gasteiger partial charge < -0.3 is 10.6 Å². The maximum atomic E-state index is 12.8. The number of nitrogens with two attached hydrogens (primary N) is 1. The number of hydrogen-bond donors (Lipinski definition) is 2. The normalized spacial score (nSPS) is 19.3. The molecule has 0 aromatic heterocycles. The van der Waals surface area contributed by atoms with Crippen LogP contribution in [0.1, 0.15) is 51.4 Å². The summed E-state index contributed by atoms with van der Waals surface area (Å²) in [7, 11) is 0. The molecule has 2 aromatic rings. The van der Waals surface area contributed by atoms with Gasteiger partial charge in [0.1, 0.15) is 6.04 Å². The highest BCUT2D eigenvalue weighted by molar-refractivity contribution is 6.05. The van der Waals surface area contributed by atoms with E-state index in [2.05, 4.69) is 5.32 Å². The van der Waals surface area contributed by atoms with Crippen LogP contribution >= 0.6 is 0 Å². The van der Waals surface area contributed by atoms with Crippen molar-refractivity contribution in [1.82, 2.24) is 10.2 Å². The summed E-state index contributed by atoms with van der Waals surface area (Å²) in [6.45, 7) is 0.176. The molecule has 3 N–H and O–H groups in total. The van der Waals surface area contributed by atoms with Gasteiger partial charge in [-0.05, 0) is 47.7 Å². The Kier molecular flexibility index (Phi) is 5.69. The lowest BCUT2D eigenvalue weighted by molar-refractivity contribution is -0.138. The zero-order chi connectivity index (χ0) is 23.9. The van der Waals surface area contributed by atoms with Crippen LogP contribution in [0.15, 0.2) is 42.5 Å². The average Bonchev–Trinajstić information content (AvgIpc) is 3.07. The third kappa shape index (κ3) is 4.46. The first-order chi connectivity index (χ1) is 15.5. The summed E-state index contributed by atoms with van der Waals surface area (Å²) in [6, 6.07) is 8.54. The molecule has 0 spiro atoms. The van der Waals surface area contributed by atoms with Gasteiger partial charge in [0, 0.05) is 18.5 Å². The smallest absolute Gasteiger partial charge is 0.369 e. The molecule has 10 heteroatoms. The van der Waals surface area contributed by atoms with Gasteiger partial charge in [-0.15, -0.1) is 0 Å². The van der Waals surface area contributed by atoms with Crippen molar-refractivity contribution in [1.29, 1.82) is 0 Å². The molecule has 2 aliphatic rings. The van der Waals surface area contributed by atoms with E-state index in [0.29, 0.717) is 22.3 Å². The number of hydrogen-bond acceptors (Lipinski definition) is 4. The minimum Gasteiger partial charge on any atom is -0.369 e. The fraction of sp³-hybridized carbons (Fsp3) is 0.304. The molecule has 0 radical (unpaired) electrons. The number of piperidine rings is 1. The van der Waals surface area contributed by atoms with Gasteiger partial charge in [0.25, 0.3) is 5.91 Å². The van der Waals surface area contributed by atoms with Crippen LogP contribution in [0.2, 0.25) is 0 Å². The number of primary amides is 1. The fourth-order valence-corrected chi connectivity index (χ4v) is 4.28. The van der Waals surface area contributed by atoms with Crippen LogP contribution in [-0.2, 0) is 33.5 Å². The van der Waals surface area contributed by atoms with Gasteiger partial charge in [-0.3, -0.25) is 24.5 Å². The van der Waals surface area contributed by atoms with E-state index in [9.17, 15) is 32.3 Å². The Morgan fingerprint density at radius 3 is 2.42 bits per heavy atom. The summed E-state index contributed by atoms with van der Waals surface area (Å²) in [4.78, 5) is 49.8. The summed E-state index contributed by atoms with van der Waals surface area (Å²) < 4.78 is 38.5. The molecule has 0 aliphatic carbocycles. The SMILES string of the molecule is NC(=O)C(Cc1ccc2c(c1)CN(C1CCC(=O)NC1=O)C2=O)c1ccc(C(F)(F)F)cc1. The van der Waals surface area contributed by atoms with Crippen LogP contribution in [0.4, 0.5) is 13.2 Å². The second kappa shape index (κ2) is 8.34. The van der Waals surface area contributed by atoms with Crippen molar-refractivity contribution >= 4 is 23.6 Å². The van der Waals surface area contributed by atoms with Crippen LogP contribution in [0.25, 0.3) is 0 Å². The number of rotatable bonds is 5. The van der Waals surface area contributed by atoms with Gasteiger partial charge in [0.05, 0.1) is 11.5 Å². The second-order valence-electron chi connectivity index (χ2n) is 8.17. The van der Waals surface area contributed by atoms with Crippen LogP contribution in [0.3, 0.4) is 0 Å². The van der Waals surface area contributed by atoms with Crippen LogP contribution in [-0.4, -0.2) is 34.6 Å². The molecule has 33 heavy (non-hydrogen) atoms. The average molecular weight is 459 g/mol. The molecule has 2 atom stereocenters. The zero-order valence-corrected chi connectivity index (χ0v) is 17.3. The number of benzene rings is 2. The first-order valence-corrected chi connectivity index (χ1v) is 10.3. The van der Waals surface area contributed by atoms with E-state index in [4.69, 9.17) is 5.73 Å². The first-order valence-electron chi connectivity index (χ1n) is 10.3. The van der Waals surface area contributed by atoms with Gasteiger partial charge >= 0.3 is 6.18 Å². The molecule has 2 aliphatic heterocycles. The van der Waals surface area contributed by atoms with Crippen molar-refractivity contribution in [3.63, 3.8) is 0 Å². The number of imide groups is 1. The first kappa shape index (κ1) is 22.5. The molecule has 1 fully saturated rings. The van der Waals surface area contributed by atoms with Crippen molar-refractivity contribution in [3.8, 4) is 0 Å². The Morgan fingerprint density at radius 2 is 1.82 bits per heavy atom. The zero-order valence-electron chi connectivity index (χ0n) is 17.3. The molecule has 0 bridgehead atoms. The molecule has 4 rings (SSSR count). The highest BCUT2D eigenvalue weighted by atomic mass is 19.4. The molecular weight excluding hydrogens is 439 g/mol. The lowest BCUT2D eigenvalue weighted by Crippen LogP contribution is -2.52. The Balaban J connectivity index is 1.53. The van der Waals surface area contributed by atoms with Gasteiger partial charge in [-0.1, -0.05) is 24.3 Å². The van der Waals surface area contributed by atoms with E-state index >= 15 is 0 Å². The monoisotopic (exact) mass is 459 g/mol. The molecule has 4 amide bonds. The molecule has 2 aromatic carbocycles. The minimum absolute atomic E-state index is 0.139. The van der Waals surface area contributed by atoms with Gasteiger partial charge in [-0.25, -0.2) is 0 Å². The predicted molar refractivity (Wildman–Crippen MR) is 110 cm³/mol. The quantitative estimate of drug-likeness (QED) is 0.669. The van der Waals surface area contributed by atoms with E-state index in [1.165, 1.54) is 17.0 Å². The van der Waals surface area contributed by atoms with Crippen molar-refractivity contribution in [3.05, 3.63) is 70.3 Å². The third-order valence-electron chi connectivity index (χ3n) is 6.01. The number of nitrogens with zero attached hydrogens (tertiary/aromatic N) is 1. The Hall–Kier alpha value is -3.69. The minimum atomic E-state index is -4.48. The fourth-order valence-electron chi connectivity index (χ4n) is 4.28. The van der Waals surface area contributed by atoms with Gasteiger partial charge in [0.15, 0.2) is 0 Å². The summed E-state index contributed by atoms with van der Waals surface area (Å²) in [5.74, 6) is -2.74. The van der Waals surface area contributed by atoms with Crippen molar-refractivity contribution in [2.24, 2.45) is 5.73 Å². The van der Waals surface area contributed by atoms with E-state index in [-0.39, 0.29) is 37.6 Å². The van der Waals surface area contributed by atoms with E-state index < -0.39 is 35.5 Å². The number of carbonyl (C=O) groups excluding carboxylic acids is 4. The number of amides is 4. The van der Waals surface area contributed by atoms with E-state index in [0.717, 1.165) is 12.1 Å².